The highest BCUT2D eigenvalue weighted by molar-refractivity contribution is 6.69. The monoisotopic (exact) mass is 156 g/mol. The molecule has 1 heterocycles. The van der Waals surface area contributed by atoms with Gasteiger partial charge in [-0.15, -0.1) is 0 Å². The van der Waals surface area contributed by atoms with Crippen molar-refractivity contribution in [2.45, 2.75) is 0 Å². The number of hydrogen-bond donors (Lipinski definition) is 1. The van der Waals surface area contributed by atoms with Crippen molar-refractivity contribution in [1.29, 1.82) is 0 Å². The minimum Gasteiger partial charge on any atom is -0.410 e. The van der Waals surface area contributed by atoms with Crippen LogP contribution in [0.1, 0.15) is 5.69 Å². The molecular formula is C6H5ClN2O. The lowest BCUT2D eigenvalue weighted by Crippen LogP contribution is -1.93. The van der Waals surface area contributed by atoms with Crippen LogP contribution in [-0.4, -0.2) is 15.4 Å². The van der Waals surface area contributed by atoms with Crippen molar-refractivity contribution in [2.75, 3.05) is 0 Å². The Balaban J connectivity index is 2.96. The summed E-state index contributed by atoms with van der Waals surface area (Å²) in [6.07, 6.45) is 1.57. The number of nitrogens with zero attached hydrogens (tertiary/aromatic N) is 2. The average Bonchev–Trinajstić information content (AvgIpc) is 2.05. The zero-order valence-electron chi connectivity index (χ0n) is 5.03. The Morgan fingerprint density at radius 3 is 2.90 bits per heavy atom. The molecule has 1 N–H and O–H groups in total. The van der Waals surface area contributed by atoms with E-state index in [0.29, 0.717) is 5.69 Å². The van der Waals surface area contributed by atoms with Crippen molar-refractivity contribution >= 4 is 16.8 Å². The van der Waals surface area contributed by atoms with E-state index in [2.05, 4.69) is 10.1 Å². The Bertz CT molecular complexity index is 235. The summed E-state index contributed by atoms with van der Waals surface area (Å²) in [4.78, 5) is 3.83. The molecular weight excluding hydrogens is 152 g/mol. The highest BCUT2D eigenvalue weighted by Gasteiger charge is 1.97. The third kappa shape index (κ3) is 1.45. The molecule has 52 valence electrons. The number of halogens is 1. The van der Waals surface area contributed by atoms with E-state index < -0.39 is 0 Å². The third-order valence-electron chi connectivity index (χ3n) is 0.964. The molecule has 0 spiro atoms. The molecule has 0 amide bonds. The van der Waals surface area contributed by atoms with Gasteiger partial charge in [-0.05, 0) is 12.1 Å². The van der Waals surface area contributed by atoms with Crippen molar-refractivity contribution in [3.63, 3.8) is 0 Å². The molecule has 10 heavy (non-hydrogen) atoms. The van der Waals surface area contributed by atoms with Gasteiger partial charge in [0, 0.05) is 6.20 Å². The minimum absolute atomic E-state index is 0.000556. The second-order valence-electron chi connectivity index (χ2n) is 1.61. The van der Waals surface area contributed by atoms with Gasteiger partial charge in [0.05, 0.1) is 0 Å². The van der Waals surface area contributed by atoms with Crippen LogP contribution in [0.25, 0.3) is 0 Å². The molecule has 0 bridgehead atoms. The lowest BCUT2D eigenvalue weighted by molar-refractivity contribution is 0.320. The Morgan fingerprint density at radius 2 is 2.40 bits per heavy atom. The van der Waals surface area contributed by atoms with Gasteiger partial charge in [0.2, 0.25) is 0 Å². The molecule has 4 heteroatoms. The van der Waals surface area contributed by atoms with Gasteiger partial charge < -0.3 is 5.21 Å². The first-order valence-electron chi connectivity index (χ1n) is 2.63. The van der Waals surface area contributed by atoms with Crippen LogP contribution in [0.5, 0.6) is 0 Å². The van der Waals surface area contributed by atoms with E-state index in [9.17, 15) is 0 Å². The summed E-state index contributed by atoms with van der Waals surface area (Å²) < 4.78 is 0. The van der Waals surface area contributed by atoms with E-state index in [-0.39, 0.29) is 5.17 Å². The Labute approximate surface area is 63.0 Å². The van der Waals surface area contributed by atoms with Gasteiger partial charge in [-0.2, -0.15) is 0 Å². The summed E-state index contributed by atoms with van der Waals surface area (Å²) in [5.41, 5.74) is 0.465. The molecule has 1 rings (SSSR count). The number of hydrogen-bond acceptors (Lipinski definition) is 3. The van der Waals surface area contributed by atoms with Gasteiger partial charge in [-0.3, -0.25) is 4.98 Å². The highest BCUT2D eigenvalue weighted by Crippen LogP contribution is 1.98. The van der Waals surface area contributed by atoms with E-state index in [1.54, 1.807) is 24.4 Å². The summed E-state index contributed by atoms with van der Waals surface area (Å²) in [6.45, 7) is 0. The maximum absolute atomic E-state index is 8.20. The van der Waals surface area contributed by atoms with Crippen molar-refractivity contribution in [3.05, 3.63) is 30.1 Å². The van der Waals surface area contributed by atoms with Gasteiger partial charge in [-0.25, -0.2) is 0 Å². The summed E-state index contributed by atoms with van der Waals surface area (Å²) in [7, 11) is 0. The molecule has 0 saturated carbocycles. The van der Waals surface area contributed by atoms with Crippen LogP contribution in [0.15, 0.2) is 29.6 Å². The van der Waals surface area contributed by atoms with Crippen molar-refractivity contribution in [3.8, 4) is 0 Å². The first kappa shape index (κ1) is 7.02. The molecule has 3 nitrogen and oxygen atoms in total. The first-order chi connectivity index (χ1) is 4.84. The normalized spacial score (nSPS) is 11.5. The molecule has 0 fully saturated rings. The van der Waals surface area contributed by atoms with Gasteiger partial charge >= 0.3 is 0 Å². The molecule has 0 radical (unpaired) electrons. The second-order valence-corrected chi connectivity index (χ2v) is 1.96. The van der Waals surface area contributed by atoms with Crippen molar-refractivity contribution < 1.29 is 5.21 Å². The second kappa shape index (κ2) is 3.17. The molecule has 0 aliphatic carbocycles. The fourth-order valence-electron chi connectivity index (χ4n) is 0.536. The van der Waals surface area contributed by atoms with Crippen molar-refractivity contribution in [1.82, 2.24) is 4.98 Å². The maximum atomic E-state index is 8.20. The van der Waals surface area contributed by atoms with Crippen LogP contribution in [0.4, 0.5) is 0 Å². The fraction of sp³-hybridized carbons (Fsp3) is 0. The predicted molar refractivity (Wildman–Crippen MR) is 38.4 cm³/mol. The first-order valence-corrected chi connectivity index (χ1v) is 3.01. The van der Waals surface area contributed by atoms with Crippen LogP contribution in [0.3, 0.4) is 0 Å². The smallest absolute Gasteiger partial charge is 0.193 e. The number of rotatable bonds is 1. The van der Waals surface area contributed by atoms with E-state index in [1.807, 2.05) is 0 Å². The van der Waals surface area contributed by atoms with Crippen LogP contribution < -0.4 is 0 Å². The van der Waals surface area contributed by atoms with E-state index in [0.717, 1.165) is 0 Å². The van der Waals surface area contributed by atoms with Gasteiger partial charge in [0.1, 0.15) is 5.69 Å². The highest BCUT2D eigenvalue weighted by atomic mass is 35.5. The average molecular weight is 157 g/mol. The van der Waals surface area contributed by atoms with Gasteiger partial charge in [-0.1, -0.05) is 22.8 Å². The quantitative estimate of drug-likeness (QED) is 0.380. The summed E-state index contributed by atoms with van der Waals surface area (Å²) in [6, 6.07) is 5.17. The lowest BCUT2D eigenvalue weighted by atomic mass is 10.4. The Morgan fingerprint density at radius 1 is 1.60 bits per heavy atom. The topological polar surface area (TPSA) is 45.5 Å². The fourth-order valence-corrected chi connectivity index (χ4v) is 0.648. The zero-order valence-corrected chi connectivity index (χ0v) is 5.78. The minimum atomic E-state index is 0.000556. The van der Waals surface area contributed by atoms with E-state index in [1.165, 1.54) is 0 Å². The Kier molecular flexibility index (Phi) is 2.23. The molecule has 0 aliphatic heterocycles. The van der Waals surface area contributed by atoms with Gasteiger partial charge in [0.25, 0.3) is 0 Å². The number of oxime groups is 1. The van der Waals surface area contributed by atoms with E-state index in [4.69, 9.17) is 16.8 Å². The Hall–Kier alpha value is -1.09. The van der Waals surface area contributed by atoms with Crippen LogP contribution in [0.2, 0.25) is 0 Å². The van der Waals surface area contributed by atoms with Crippen molar-refractivity contribution in [2.24, 2.45) is 5.16 Å². The lowest BCUT2D eigenvalue weighted by Gasteiger charge is -1.90. The number of pyridine rings is 1. The molecule has 0 unspecified atom stereocenters. The van der Waals surface area contributed by atoms with Gasteiger partial charge in [0.15, 0.2) is 5.17 Å². The molecule has 0 aliphatic rings. The van der Waals surface area contributed by atoms with E-state index >= 15 is 0 Å². The molecule has 1 aromatic heterocycles. The maximum Gasteiger partial charge on any atom is 0.193 e. The summed E-state index contributed by atoms with van der Waals surface area (Å²) >= 11 is 5.43. The number of aromatic nitrogens is 1. The zero-order chi connectivity index (χ0) is 7.40. The van der Waals surface area contributed by atoms with Crippen LogP contribution >= 0.6 is 11.6 Å². The molecule has 0 atom stereocenters. The summed E-state index contributed by atoms with van der Waals surface area (Å²) in [5.74, 6) is 0. The molecule has 0 saturated heterocycles. The summed E-state index contributed by atoms with van der Waals surface area (Å²) in [5, 5.41) is 11.0. The standard InChI is InChI=1S/C6H5ClN2O/c7-6(9-10)5-3-1-2-4-8-5/h1-4,10H/b9-6-. The largest absolute Gasteiger partial charge is 0.410 e. The van der Waals surface area contributed by atoms with Crippen LogP contribution in [-0.2, 0) is 0 Å². The molecule has 0 aromatic carbocycles. The third-order valence-corrected chi connectivity index (χ3v) is 1.23. The SMILES string of the molecule is O/N=C(\Cl)c1ccccn1. The molecule has 1 aromatic rings. The predicted octanol–water partition coefficient (Wildman–Crippen LogP) is 1.46. The van der Waals surface area contributed by atoms with Crippen LogP contribution in [0, 0.1) is 0 Å².